The first-order valence-electron chi connectivity index (χ1n) is 6.06. The summed E-state index contributed by atoms with van der Waals surface area (Å²) in [5, 5.41) is 11.0. The Morgan fingerprint density at radius 1 is 1.38 bits per heavy atom. The van der Waals surface area contributed by atoms with E-state index in [0.717, 1.165) is 13.0 Å². The largest absolute Gasteiger partial charge is 0.480 e. The molecule has 8 heteroatoms. The van der Waals surface area contributed by atoms with Gasteiger partial charge in [-0.15, -0.1) is 0 Å². The van der Waals surface area contributed by atoms with Gasteiger partial charge in [-0.1, -0.05) is 6.07 Å². The van der Waals surface area contributed by atoms with E-state index in [1.54, 1.807) is 6.92 Å². The Balaban J connectivity index is 2.92. The fourth-order valence-electron chi connectivity index (χ4n) is 1.77. The second-order valence-electron chi connectivity index (χ2n) is 4.72. The first-order valence-corrected chi connectivity index (χ1v) is 7.88. The standard InChI is InChI=1S/C13H16FNO5S/c1-8-3-4-11(14)5-10(8)6-21(19,20)7-12(13(17)18)15-9(2)16/h3-5,12H,6-7H2,1-2H3,(H,15,16)(H,17,18). The molecule has 0 spiro atoms. The number of carbonyl (C=O) groups excluding carboxylic acids is 1. The Bertz CT molecular complexity index is 657. The van der Waals surface area contributed by atoms with Gasteiger partial charge in [-0.3, -0.25) is 4.79 Å². The molecule has 1 aromatic rings. The van der Waals surface area contributed by atoms with Gasteiger partial charge in [-0.05, 0) is 30.2 Å². The van der Waals surface area contributed by atoms with E-state index in [4.69, 9.17) is 5.11 Å². The second-order valence-corrected chi connectivity index (χ2v) is 6.83. The van der Waals surface area contributed by atoms with E-state index in [1.165, 1.54) is 12.1 Å². The maximum atomic E-state index is 13.1. The minimum Gasteiger partial charge on any atom is -0.480 e. The number of amides is 1. The van der Waals surface area contributed by atoms with Crippen molar-refractivity contribution in [1.82, 2.24) is 5.32 Å². The molecule has 0 aliphatic carbocycles. The Morgan fingerprint density at radius 2 is 2.00 bits per heavy atom. The highest BCUT2D eigenvalue weighted by atomic mass is 32.2. The maximum Gasteiger partial charge on any atom is 0.327 e. The lowest BCUT2D eigenvalue weighted by Gasteiger charge is -2.14. The van der Waals surface area contributed by atoms with Gasteiger partial charge in [-0.25, -0.2) is 17.6 Å². The van der Waals surface area contributed by atoms with E-state index in [1.807, 2.05) is 0 Å². The summed E-state index contributed by atoms with van der Waals surface area (Å²) < 4.78 is 37.2. The molecule has 1 atom stereocenters. The number of benzene rings is 1. The summed E-state index contributed by atoms with van der Waals surface area (Å²) in [6, 6.07) is 2.23. The monoisotopic (exact) mass is 317 g/mol. The summed E-state index contributed by atoms with van der Waals surface area (Å²) >= 11 is 0. The third-order valence-corrected chi connectivity index (χ3v) is 4.37. The molecule has 0 saturated heterocycles. The number of aliphatic carboxylic acids is 1. The molecule has 2 N–H and O–H groups in total. The molecular formula is C13H16FNO5S. The van der Waals surface area contributed by atoms with E-state index in [0.29, 0.717) is 5.56 Å². The fraction of sp³-hybridized carbons (Fsp3) is 0.385. The maximum absolute atomic E-state index is 13.1. The third kappa shape index (κ3) is 5.50. The Kier molecular flexibility index (Phi) is 5.42. The van der Waals surface area contributed by atoms with E-state index < -0.39 is 45.1 Å². The van der Waals surface area contributed by atoms with Crippen molar-refractivity contribution in [2.45, 2.75) is 25.6 Å². The van der Waals surface area contributed by atoms with Crippen molar-refractivity contribution >= 4 is 21.7 Å². The highest BCUT2D eigenvalue weighted by Gasteiger charge is 2.26. The van der Waals surface area contributed by atoms with Crippen molar-refractivity contribution in [2.24, 2.45) is 0 Å². The lowest BCUT2D eigenvalue weighted by molar-refractivity contribution is -0.140. The van der Waals surface area contributed by atoms with Gasteiger partial charge in [0, 0.05) is 6.92 Å². The first kappa shape index (κ1) is 17.1. The minimum atomic E-state index is -3.83. The Morgan fingerprint density at radius 3 is 2.52 bits per heavy atom. The summed E-state index contributed by atoms with van der Waals surface area (Å²) in [5.74, 6) is -3.88. The molecule has 6 nitrogen and oxygen atoms in total. The predicted molar refractivity (Wildman–Crippen MR) is 73.9 cm³/mol. The Hall–Kier alpha value is -1.96. The van der Waals surface area contributed by atoms with Crippen molar-refractivity contribution in [1.29, 1.82) is 0 Å². The van der Waals surface area contributed by atoms with Gasteiger partial charge in [-0.2, -0.15) is 0 Å². The average Bonchev–Trinajstić information content (AvgIpc) is 2.31. The zero-order valence-corrected chi connectivity index (χ0v) is 12.4. The van der Waals surface area contributed by atoms with Gasteiger partial charge < -0.3 is 10.4 Å². The molecule has 0 fully saturated rings. The van der Waals surface area contributed by atoms with Crippen LogP contribution in [0, 0.1) is 12.7 Å². The van der Waals surface area contributed by atoms with E-state index in [2.05, 4.69) is 5.32 Å². The molecule has 1 aromatic carbocycles. The number of sulfone groups is 1. The SMILES string of the molecule is CC(=O)NC(CS(=O)(=O)Cc1cc(F)ccc1C)C(=O)O. The molecule has 0 aliphatic heterocycles. The van der Waals surface area contributed by atoms with Crippen molar-refractivity contribution in [3.8, 4) is 0 Å². The second kappa shape index (κ2) is 6.66. The first-order chi connectivity index (χ1) is 9.60. The molecule has 0 heterocycles. The van der Waals surface area contributed by atoms with Crippen LogP contribution in [0.2, 0.25) is 0 Å². The number of hydrogen-bond acceptors (Lipinski definition) is 4. The van der Waals surface area contributed by atoms with Crippen LogP contribution in [0.15, 0.2) is 18.2 Å². The quantitative estimate of drug-likeness (QED) is 0.802. The molecular weight excluding hydrogens is 301 g/mol. The lowest BCUT2D eigenvalue weighted by Crippen LogP contribution is -2.44. The van der Waals surface area contributed by atoms with E-state index in [9.17, 15) is 22.4 Å². The molecule has 21 heavy (non-hydrogen) atoms. The molecule has 116 valence electrons. The van der Waals surface area contributed by atoms with E-state index >= 15 is 0 Å². The molecule has 0 radical (unpaired) electrons. The number of carboxylic acids is 1. The average molecular weight is 317 g/mol. The van der Waals surface area contributed by atoms with Gasteiger partial charge in [0.25, 0.3) is 0 Å². The van der Waals surface area contributed by atoms with Crippen LogP contribution in [0.25, 0.3) is 0 Å². The highest BCUT2D eigenvalue weighted by molar-refractivity contribution is 7.90. The van der Waals surface area contributed by atoms with Crippen LogP contribution in [-0.2, 0) is 25.2 Å². The summed E-state index contributed by atoms with van der Waals surface area (Å²) in [7, 11) is -3.83. The number of carboxylic acid groups (broad SMARTS) is 1. The van der Waals surface area contributed by atoms with Crippen molar-refractivity contribution in [3.05, 3.63) is 35.1 Å². The minimum absolute atomic E-state index is 0.266. The number of carbonyl (C=O) groups is 2. The van der Waals surface area contributed by atoms with Crippen molar-refractivity contribution in [2.75, 3.05) is 5.75 Å². The normalized spacial score (nSPS) is 12.7. The van der Waals surface area contributed by atoms with Gasteiger partial charge >= 0.3 is 5.97 Å². The highest BCUT2D eigenvalue weighted by Crippen LogP contribution is 2.14. The van der Waals surface area contributed by atoms with Gasteiger partial charge in [0.1, 0.15) is 11.9 Å². The summed E-state index contributed by atoms with van der Waals surface area (Å²) in [4.78, 5) is 21.8. The van der Waals surface area contributed by atoms with Gasteiger partial charge in [0.2, 0.25) is 5.91 Å². The third-order valence-electron chi connectivity index (χ3n) is 2.78. The van der Waals surface area contributed by atoms with Gasteiger partial charge in [0.15, 0.2) is 9.84 Å². The molecule has 1 amide bonds. The van der Waals surface area contributed by atoms with Crippen LogP contribution in [0.5, 0.6) is 0 Å². The fourth-order valence-corrected chi connectivity index (χ4v) is 3.40. The predicted octanol–water partition coefficient (Wildman–Crippen LogP) is 0.638. The topological polar surface area (TPSA) is 101 Å². The van der Waals surface area contributed by atoms with Crippen molar-refractivity contribution < 1.29 is 27.5 Å². The number of rotatable bonds is 6. The summed E-state index contributed by atoms with van der Waals surface area (Å²) in [6.45, 7) is 2.73. The Labute approximate surface area is 121 Å². The van der Waals surface area contributed by atoms with Crippen LogP contribution < -0.4 is 5.32 Å². The van der Waals surface area contributed by atoms with Crippen molar-refractivity contribution in [3.63, 3.8) is 0 Å². The number of nitrogens with one attached hydrogen (secondary N) is 1. The molecule has 1 unspecified atom stereocenters. The van der Waals surface area contributed by atoms with Crippen LogP contribution in [0.4, 0.5) is 4.39 Å². The van der Waals surface area contributed by atoms with Crippen LogP contribution in [0.3, 0.4) is 0 Å². The molecule has 0 saturated carbocycles. The molecule has 1 rings (SSSR count). The van der Waals surface area contributed by atoms with Crippen LogP contribution in [0.1, 0.15) is 18.1 Å². The smallest absolute Gasteiger partial charge is 0.327 e. The molecule has 0 bridgehead atoms. The number of hydrogen-bond donors (Lipinski definition) is 2. The van der Waals surface area contributed by atoms with Crippen LogP contribution in [-0.4, -0.2) is 37.2 Å². The molecule has 0 aromatic heterocycles. The molecule has 0 aliphatic rings. The number of aryl methyl sites for hydroxylation is 1. The lowest BCUT2D eigenvalue weighted by atomic mass is 10.1. The number of halogens is 1. The summed E-state index contributed by atoms with van der Waals surface area (Å²) in [5.41, 5.74) is 0.855. The zero-order chi connectivity index (χ0) is 16.2. The van der Waals surface area contributed by atoms with Gasteiger partial charge in [0.05, 0.1) is 11.5 Å². The van der Waals surface area contributed by atoms with E-state index in [-0.39, 0.29) is 5.56 Å². The zero-order valence-electron chi connectivity index (χ0n) is 11.6. The van der Waals surface area contributed by atoms with Crippen LogP contribution >= 0.6 is 0 Å². The summed E-state index contributed by atoms with van der Waals surface area (Å²) in [6.07, 6.45) is 0.